The number of halogens is 2. The Kier molecular flexibility index (Phi) is 6.70. The van der Waals surface area contributed by atoms with E-state index in [1.165, 1.54) is 13.0 Å². The highest BCUT2D eigenvalue weighted by atomic mass is 79.9. The summed E-state index contributed by atoms with van der Waals surface area (Å²) in [4.78, 5) is 16.7. The third-order valence-corrected chi connectivity index (χ3v) is 7.11. The summed E-state index contributed by atoms with van der Waals surface area (Å²) in [6.45, 7) is 1.50. The molecule has 178 valence electrons. The molecule has 5 N–H and O–H groups in total. The zero-order chi connectivity index (χ0) is 25.3. The van der Waals surface area contributed by atoms with Crippen molar-refractivity contribution in [3.05, 3.63) is 88.8 Å². The first kappa shape index (κ1) is 24.5. The van der Waals surface area contributed by atoms with E-state index in [2.05, 4.69) is 26.2 Å². The van der Waals surface area contributed by atoms with Crippen LogP contribution >= 0.6 is 15.9 Å². The van der Waals surface area contributed by atoms with Crippen LogP contribution in [-0.2, 0) is 14.8 Å². The molecule has 7 nitrogen and oxygen atoms in total. The summed E-state index contributed by atoms with van der Waals surface area (Å²) in [6.07, 6.45) is 1.59. The van der Waals surface area contributed by atoms with Gasteiger partial charge in [0.25, 0.3) is 5.91 Å². The molecule has 0 spiro atoms. The van der Waals surface area contributed by atoms with Crippen molar-refractivity contribution in [2.75, 3.05) is 11.1 Å². The van der Waals surface area contributed by atoms with Crippen molar-refractivity contribution >= 4 is 59.7 Å². The summed E-state index contributed by atoms with van der Waals surface area (Å²) in [5.74, 6) is -1.57. The van der Waals surface area contributed by atoms with E-state index in [9.17, 15) is 13.2 Å². The highest BCUT2D eigenvalue weighted by molar-refractivity contribution is 9.10. The Morgan fingerprint density at radius 3 is 2.51 bits per heavy atom. The van der Waals surface area contributed by atoms with Gasteiger partial charge in [0.15, 0.2) is 5.83 Å². The Morgan fingerprint density at radius 1 is 1.06 bits per heavy atom. The number of fused-ring (bicyclic) bond motifs is 1. The molecule has 1 aromatic heterocycles. The Morgan fingerprint density at radius 2 is 1.80 bits per heavy atom. The molecule has 0 atom stereocenters. The fourth-order valence-corrected chi connectivity index (χ4v) is 4.87. The quantitative estimate of drug-likeness (QED) is 0.291. The fraction of sp³-hybridized carbons (Fsp3) is 0.0400. The highest BCUT2D eigenvalue weighted by Gasteiger charge is 2.18. The normalized spacial score (nSPS) is 12.3. The van der Waals surface area contributed by atoms with Crippen molar-refractivity contribution < 1.29 is 17.6 Å². The molecule has 10 heteroatoms. The number of nitrogens with two attached hydrogens (primary N) is 2. The van der Waals surface area contributed by atoms with Gasteiger partial charge >= 0.3 is 0 Å². The number of nitrogen functional groups attached to an aromatic ring is 1. The standard InChI is InChI=1S/C25H20BrFN4O3S/c1-14(16-7-6-15-10-11-30-24(28)19(15)12-16)23(27)25(32)31-21-9-8-17(13-20(21)26)18-4-2-3-5-22(18)35(29,33)34/h2-13H,1H3,(H2,28,30)(H,31,32)(H2,29,33,34). The summed E-state index contributed by atoms with van der Waals surface area (Å²) >= 11 is 3.36. The van der Waals surface area contributed by atoms with E-state index in [1.54, 1.807) is 66.9 Å². The molecule has 0 unspecified atom stereocenters. The number of nitrogens with zero attached hydrogens (tertiary/aromatic N) is 1. The third-order valence-electron chi connectivity index (χ3n) is 5.48. The molecule has 3 aromatic carbocycles. The van der Waals surface area contributed by atoms with E-state index < -0.39 is 21.8 Å². The largest absolute Gasteiger partial charge is 0.383 e. The van der Waals surface area contributed by atoms with Gasteiger partial charge in [-0.1, -0.05) is 36.4 Å². The van der Waals surface area contributed by atoms with Crippen LogP contribution in [0.25, 0.3) is 27.5 Å². The van der Waals surface area contributed by atoms with Crippen LogP contribution < -0.4 is 16.2 Å². The van der Waals surface area contributed by atoms with Crippen LogP contribution in [0.2, 0.25) is 0 Å². The molecule has 35 heavy (non-hydrogen) atoms. The van der Waals surface area contributed by atoms with Gasteiger partial charge in [0.05, 0.1) is 10.6 Å². The molecular weight excluding hydrogens is 535 g/mol. The first-order valence-electron chi connectivity index (χ1n) is 10.3. The molecule has 0 aliphatic heterocycles. The molecule has 0 aliphatic rings. The molecule has 1 amide bonds. The summed E-state index contributed by atoms with van der Waals surface area (Å²) in [5, 5.41) is 9.37. The van der Waals surface area contributed by atoms with Crippen LogP contribution in [0.1, 0.15) is 12.5 Å². The number of nitrogens with one attached hydrogen (secondary N) is 1. The van der Waals surface area contributed by atoms with Gasteiger partial charge < -0.3 is 11.1 Å². The van der Waals surface area contributed by atoms with Crippen molar-refractivity contribution in [2.24, 2.45) is 5.14 Å². The number of rotatable bonds is 5. The lowest BCUT2D eigenvalue weighted by molar-refractivity contribution is -0.114. The molecule has 0 aliphatic carbocycles. The SMILES string of the molecule is CC(=C(F)C(=O)Nc1ccc(-c2ccccc2S(N)(=O)=O)cc1Br)c1ccc2ccnc(N)c2c1. The van der Waals surface area contributed by atoms with Gasteiger partial charge in [-0.15, -0.1) is 0 Å². The summed E-state index contributed by atoms with van der Waals surface area (Å²) in [5.41, 5.74) is 7.82. The van der Waals surface area contributed by atoms with Crippen LogP contribution in [0.5, 0.6) is 0 Å². The van der Waals surface area contributed by atoms with Crippen LogP contribution in [-0.4, -0.2) is 19.3 Å². The lowest BCUT2D eigenvalue weighted by Crippen LogP contribution is -2.14. The molecule has 0 bridgehead atoms. The van der Waals surface area contributed by atoms with Crippen LogP contribution in [0.4, 0.5) is 15.9 Å². The molecule has 1 heterocycles. The number of carbonyl (C=O) groups is 1. The fourth-order valence-electron chi connectivity index (χ4n) is 3.64. The summed E-state index contributed by atoms with van der Waals surface area (Å²) in [7, 11) is -3.94. The number of benzene rings is 3. The van der Waals surface area contributed by atoms with Crippen molar-refractivity contribution in [3.63, 3.8) is 0 Å². The van der Waals surface area contributed by atoms with Gasteiger partial charge in [0, 0.05) is 21.6 Å². The number of sulfonamides is 1. The molecule has 0 saturated heterocycles. The predicted molar refractivity (Wildman–Crippen MR) is 139 cm³/mol. The predicted octanol–water partition coefficient (Wildman–Crippen LogP) is 5.23. The van der Waals surface area contributed by atoms with Gasteiger partial charge in [0.2, 0.25) is 10.0 Å². The second-order valence-corrected chi connectivity index (χ2v) is 10.1. The number of hydrogen-bond acceptors (Lipinski definition) is 5. The minimum atomic E-state index is -3.94. The lowest BCUT2D eigenvalue weighted by Gasteiger charge is -2.12. The van der Waals surface area contributed by atoms with E-state index in [4.69, 9.17) is 10.9 Å². The number of amides is 1. The van der Waals surface area contributed by atoms with Gasteiger partial charge in [-0.3, -0.25) is 4.79 Å². The van der Waals surface area contributed by atoms with Crippen molar-refractivity contribution in [3.8, 4) is 11.1 Å². The number of allylic oxidation sites excluding steroid dienone is 1. The van der Waals surface area contributed by atoms with Crippen LogP contribution in [0.3, 0.4) is 0 Å². The van der Waals surface area contributed by atoms with E-state index in [0.717, 1.165) is 5.39 Å². The molecular formula is C25H20BrFN4O3S. The lowest BCUT2D eigenvalue weighted by atomic mass is 10.0. The Hall–Kier alpha value is -3.60. The number of pyridine rings is 1. The van der Waals surface area contributed by atoms with E-state index in [-0.39, 0.29) is 10.5 Å². The highest BCUT2D eigenvalue weighted by Crippen LogP contribution is 2.33. The second-order valence-electron chi connectivity index (χ2n) is 7.76. The Labute approximate surface area is 209 Å². The maximum atomic E-state index is 15.0. The first-order chi connectivity index (χ1) is 16.6. The zero-order valence-corrected chi connectivity index (χ0v) is 20.8. The molecule has 0 saturated carbocycles. The zero-order valence-electron chi connectivity index (χ0n) is 18.4. The van der Waals surface area contributed by atoms with E-state index in [0.29, 0.717) is 38.1 Å². The average Bonchev–Trinajstić information content (AvgIpc) is 2.84. The monoisotopic (exact) mass is 554 g/mol. The number of aromatic nitrogens is 1. The first-order valence-corrected chi connectivity index (χ1v) is 12.6. The number of carbonyl (C=O) groups excluding carboxylic acids is 1. The minimum Gasteiger partial charge on any atom is -0.383 e. The maximum absolute atomic E-state index is 15.0. The van der Waals surface area contributed by atoms with E-state index in [1.807, 2.05) is 0 Å². The van der Waals surface area contributed by atoms with Gasteiger partial charge in [0.1, 0.15) is 5.82 Å². The van der Waals surface area contributed by atoms with Crippen molar-refractivity contribution in [1.82, 2.24) is 4.98 Å². The molecule has 4 aromatic rings. The molecule has 4 rings (SSSR count). The third kappa shape index (κ3) is 5.09. The summed E-state index contributed by atoms with van der Waals surface area (Å²) < 4.78 is 39.3. The second kappa shape index (κ2) is 9.57. The number of primary sulfonamides is 1. The van der Waals surface area contributed by atoms with Gasteiger partial charge in [-0.25, -0.2) is 22.9 Å². The number of hydrogen-bond donors (Lipinski definition) is 3. The van der Waals surface area contributed by atoms with Gasteiger partial charge in [-0.2, -0.15) is 0 Å². The van der Waals surface area contributed by atoms with Gasteiger partial charge in [-0.05, 0) is 75.3 Å². The van der Waals surface area contributed by atoms with Crippen molar-refractivity contribution in [2.45, 2.75) is 11.8 Å². The van der Waals surface area contributed by atoms with Crippen molar-refractivity contribution in [1.29, 1.82) is 0 Å². The van der Waals surface area contributed by atoms with E-state index >= 15 is 4.39 Å². The van der Waals surface area contributed by atoms with Crippen LogP contribution in [0, 0.1) is 0 Å². The van der Waals surface area contributed by atoms with Crippen LogP contribution in [0.15, 0.2) is 88.1 Å². The Bertz CT molecular complexity index is 1620. The topological polar surface area (TPSA) is 128 Å². The minimum absolute atomic E-state index is 0.0282. The molecule has 0 fully saturated rings. The molecule has 0 radical (unpaired) electrons. The Balaban J connectivity index is 1.62. The summed E-state index contributed by atoms with van der Waals surface area (Å²) in [6, 6.07) is 18.0. The number of anilines is 2. The maximum Gasteiger partial charge on any atom is 0.284 e. The average molecular weight is 555 g/mol. The smallest absolute Gasteiger partial charge is 0.284 e.